The monoisotopic (exact) mass is 641 g/mol. The number of aromatic nitrogens is 3. The van der Waals surface area contributed by atoms with Gasteiger partial charge in [-0.15, -0.1) is 11.3 Å². The number of halogens is 1. The van der Waals surface area contributed by atoms with Gasteiger partial charge in [0.15, 0.2) is 0 Å². The molecule has 0 spiro atoms. The van der Waals surface area contributed by atoms with Gasteiger partial charge in [-0.1, -0.05) is 36.4 Å². The van der Waals surface area contributed by atoms with Crippen LogP contribution in [0.25, 0.3) is 21.7 Å². The van der Waals surface area contributed by atoms with E-state index in [2.05, 4.69) is 10.4 Å². The number of anilines is 2. The smallest absolute Gasteiger partial charge is 0.276 e. The van der Waals surface area contributed by atoms with Crippen molar-refractivity contribution in [3.05, 3.63) is 106 Å². The third-order valence-electron chi connectivity index (χ3n) is 8.08. The maximum atomic E-state index is 14.4. The van der Waals surface area contributed by atoms with Crippen LogP contribution in [0.15, 0.2) is 72.9 Å². The second-order valence-electron chi connectivity index (χ2n) is 11.3. The van der Waals surface area contributed by atoms with Gasteiger partial charge in [0.05, 0.1) is 40.1 Å². The zero-order valence-electron chi connectivity index (χ0n) is 24.5. The number of amides is 2. The highest BCUT2D eigenvalue weighted by molar-refractivity contribution is 7.89. The van der Waals surface area contributed by atoms with Crippen LogP contribution in [0, 0.1) is 12.7 Å². The number of aryl methyl sites for hydroxylation is 1. The lowest BCUT2D eigenvalue weighted by molar-refractivity contribution is 0.0981. The molecule has 1 saturated carbocycles. The first-order valence-electron chi connectivity index (χ1n) is 14.5. The summed E-state index contributed by atoms with van der Waals surface area (Å²) in [6, 6.07) is 19.2. The number of benzene rings is 2. The first-order chi connectivity index (χ1) is 21.6. The molecular formula is C33H28FN5O4S2. The van der Waals surface area contributed by atoms with Gasteiger partial charge in [0, 0.05) is 28.5 Å². The normalized spacial score (nSPS) is 14.4. The third kappa shape index (κ3) is 5.33. The second kappa shape index (κ2) is 11.0. The average Bonchev–Trinajstić information content (AvgIpc) is 3.64. The van der Waals surface area contributed by atoms with Gasteiger partial charge >= 0.3 is 0 Å². The lowest BCUT2D eigenvalue weighted by Gasteiger charge is -2.23. The van der Waals surface area contributed by atoms with Crippen LogP contribution in [-0.4, -0.2) is 47.2 Å². The minimum Gasteiger partial charge on any atom is -0.319 e. The Bertz CT molecular complexity index is 2100. The van der Waals surface area contributed by atoms with E-state index in [0.717, 1.165) is 39.2 Å². The van der Waals surface area contributed by atoms with E-state index in [0.29, 0.717) is 46.0 Å². The number of pyridine rings is 1. The van der Waals surface area contributed by atoms with E-state index >= 15 is 0 Å². The van der Waals surface area contributed by atoms with Crippen LogP contribution in [0.4, 0.5) is 15.8 Å². The first-order valence-corrected chi connectivity index (χ1v) is 17.1. The van der Waals surface area contributed by atoms with E-state index in [1.807, 2.05) is 30.3 Å². The summed E-state index contributed by atoms with van der Waals surface area (Å²) in [5, 5.41) is 6.87. The summed E-state index contributed by atoms with van der Waals surface area (Å²) in [4.78, 5) is 35.0. The number of carbonyl (C=O) groups excluding carboxylic acids is 2. The van der Waals surface area contributed by atoms with Crippen LogP contribution in [0.1, 0.15) is 55.7 Å². The zero-order chi connectivity index (χ0) is 31.5. The van der Waals surface area contributed by atoms with Crippen molar-refractivity contribution < 1.29 is 22.4 Å². The minimum atomic E-state index is -3.59. The number of nitrogens with zero attached hydrogens (tertiary/aromatic N) is 4. The highest BCUT2D eigenvalue weighted by Crippen LogP contribution is 2.45. The molecule has 12 heteroatoms. The van der Waals surface area contributed by atoms with Gasteiger partial charge in [0.1, 0.15) is 11.5 Å². The van der Waals surface area contributed by atoms with Gasteiger partial charge in [-0.2, -0.15) is 9.19 Å². The fourth-order valence-corrected chi connectivity index (χ4v) is 7.73. The summed E-state index contributed by atoms with van der Waals surface area (Å²) < 4.78 is 40.2. The Morgan fingerprint density at radius 2 is 1.80 bits per heavy atom. The lowest BCUT2D eigenvalue weighted by atomic mass is 10.1. The molecule has 0 atom stereocenters. The zero-order valence-corrected chi connectivity index (χ0v) is 26.1. The van der Waals surface area contributed by atoms with Crippen LogP contribution >= 0.6 is 11.3 Å². The van der Waals surface area contributed by atoms with Crippen LogP contribution in [0.3, 0.4) is 0 Å². The van der Waals surface area contributed by atoms with Gasteiger partial charge in [-0.05, 0) is 67.6 Å². The Balaban J connectivity index is 1.20. The topological polar surface area (TPSA) is 114 Å². The molecular weight excluding hydrogens is 614 g/mol. The van der Waals surface area contributed by atoms with E-state index < -0.39 is 21.7 Å². The Morgan fingerprint density at radius 1 is 1.02 bits per heavy atom. The predicted octanol–water partition coefficient (Wildman–Crippen LogP) is 6.26. The molecule has 3 aromatic heterocycles. The van der Waals surface area contributed by atoms with Gasteiger partial charge in [-0.3, -0.25) is 9.59 Å². The SMILES string of the molecule is Cc1cccc(F)c1NC(=O)c1cc2c(s1)-c1ccccc1N(C(=O)c1cccc(-c3cnn(S(C)(=O)=O)c3C3CC3)n1)CC2. The molecule has 1 fully saturated rings. The fourth-order valence-electron chi connectivity index (χ4n) is 5.76. The van der Waals surface area contributed by atoms with E-state index in [4.69, 9.17) is 4.98 Å². The number of nitrogens with one attached hydrogen (secondary N) is 1. The van der Waals surface area contributed by atoms with Crippen molar-refractivity contribution in [3.63, 3.8) is 0 Å². The number of hydrogen-bond donors (Lipinski definition) is 1. The third-order valence-corrected chi connectivity index (χ3v) is 10.2. The summed E-state index contributed by atoms with van der Waals surface area (Å²) >= 11 is 1.31. The quantitative estimate of drug-likeness (QED) is 0.234. The van der Waals surface area contributed by atoms with Crippen molar-refractivity contribution >= 4 is 44.5 Å². The van der Waals surface area contributed by atoms with Gasteiger partial charge in [0.2, 0.25) is 0 Å². The van der Waals surface area contributed by atoms with Crippen LogP contribution in [-0.2, 0) is 16.4 Å². The molecule has 0 saturated heterocycles. The first kappa shape index (κ1) is 29.1. The molecule has 1 N–H and O–H groups in total. The summed E-state index contributed by atoms with van der Waals surface area (Å²) in [7, 11) is -3.59. The Morgan fingerprint density at radius 3 is 2.56 bits per heavy atom. The number of para-hydroxylation sites is 2. The molecule has 0 bridgehead atoms. The number of carbonyl (C=O) groups is 2. The molecule has 1 aliphatic carbocycles. The predicted molar refractivity (Wildman–Crippen MR) is 172 cm³/mol. The van der Waals surface area contributed by atoms with Gasteiger partial charge < -0.3 is 10.2 Å². The number of rotatable bonds is 6. The van der Waals surface area contributed by atoms with E-state index in [-0.39, 0.29) is 23.2 Å². The summed E-state index contributed by atoms with van der Waals surface area (Å²) in [5.74, 6) is -1.10. The van der Waals surface area contributed by atoms with Crippen molar-refractivity contribution in [3.8, 4) is 21.7 Å². The molecule has 1 aliphatic heterocycles. The van der Waals surface area contributed by atoms with Crippen molar-refractivity contribution in [2.24, 2.45) is 0 Å². The molecule has 0 radical (unpaired) electrons. The molecule has 2 aromatic carbocycles. The molecule has 4 heterocycles. The van der Waals surface area contributed by atoms with E-state index in [9.17, 15) is 22.4 Å². The van der Waals surface area contributed by atoms with E-state index in [1.54, 1.807) is 42.2 Å². The van der Waals surface area contributed by atoms with Crippen LogP contribution in [0.2, 0.25) is 0 Å². The van der Waals surface area contributed by atoms with Crippen LogP contribution < -0.4 is 10.2 Å². The Hall–Kier alpha value is -4.68. The molecule has 9 nitrogen and oxygen atoms in total. The van der Waals surface area contributed by atoms with Crippen molar-refractivity contribution in [1.29, 1.82) is 0 Å². The van der Waals surface area contributed by atoms with Crippen molar-refractivity contribution in [2.75, 3.05) is 23.0 Å². The highest BCUT2D eigenvalue weighted by atomic mass is 32.2. The Labute approximate surface area is 263 Å². The maximum Gasteiger partial charge on any atom is 0.276 e. The summed E-state index contributed by atoms with van der Waals surface area (Å²) in [5.41, 5.74) is 5.13. The maximum absolute atomic E-state index is 14.4. The molecule has 7 rings (SSSR count). The molecule has 228 valence electrons. The molecule has 5 aromatic rings. The minimum absolute atomic E-state index is 0.0811. The average molecular weight is 642 g/mol. The summed E-state index contributed by atoms with van der Waals surface area (Å²) in [6.07, 6.45) is 4.86. The molecule has 45 heavy (non-hydrogen) atoms. The van der Waals surface area contributed by atoms with Gasteiger partial charge in [0.25, 0.3) is 21.8 Å². The number of fused-ring (bicyclic) bond motifs is 3. The largest absolute Gasteiger partial charge is 0.319 e. The number of thiophene rings is 1. The van der Waals surface area contributed by atoms with E-state index in [1.165, 1.54) is 23.6 Å². The standard InChI is InChI=1S/C33H28FN5O4S2/c1-19-7-5-9-24(34)29(19)37-32(40)28-17-21-15-16-38(27-12-4-3-8-22(27)31(21)44-28)33(41)26-11-6-10-25(36-26)23-18-35-39(45(2,42)43)30(23)20-13-14-20/h3-12,17-18,20H,13-16H2,1-2H3,(H,37,40). The molecule has 2 amide bonds. The van der Waals surface area contributed by atoms with Crippen molar-refractivity contribution in [2.45, 2.75) is 32.1 Å². The molecule has 0 unspecified atom stereocenters. The second-order valence-corrected chi connectivity index (χ2v) is 14.2. The molecule has 2 aliphatic rings. The summed E-state index contributed by atoms with van der Waals surface area (Å²) in [6.45, 7) is 2.08. The number of hydrogen-bond acceptors (Lipinski definition) is 7. The fraction of sp³-hybridized carbons (Fsp3) is 0.212. The van der Waals surface area contributed by atoms with Crippen LogP contribution in [0.5, 0.6) is 0 Å². The lowest BCUT2D eigenvalue weighted by Crippen LogP contribution is -2.33. The Kier molecular flexibility index (Phi) is 7.13. The highest BCUT2D eigenvalue weighted by Gasteiger charge is 2.34. The van der Waals surface area contributed by atoms with Gasteiger partial charge in [-0.25, -0.2) is 17.8 Å². The van der Waals surface area contributed by atoms with Crippen molar-refractivity contribution in [1.82, 2.24) is 14.2 Å².